The molecule has 0 aliphatic carbocycles. The fourth-order valence-corrected chi connectivity index (χ4v) is 4.07. The predicted molar refractivity (Wildman–Crippen MR) is 104 cm³/mol. The van der Waals surface area contributed by atoms with Crippen LogP contribution in [0.2, 0.25) is 0 Å². The molecule has 1 aromatic carbocycles. The molecule has 2 aliphatic heterocycles. The lowest BCUT2D eigenvalue weighted by atomic mass is 10.0. The number of benzene rings is 1. The molecule has 3 heterocycles. The van der Waals surface area contributed by atoms with Crippen molar-refractivity contribution in [2.24, 2.45) is 0 Å². The molecule has 0 fully saturated rings. The van der Waals surface area contributed by atoms with Crippen LogP contribution in [-0.2, 0) is 11.3 Å². The zero-order chi connectivity index (χ0) is 21.0. The van der Waals surface area contributed by atoms with Gasteiger partial charge in [0.15, 0.2) is 23.1 Å². The quantitative estimate of drug-likeness (QED) is 0.698. The van der Waals surface area contributed by atoms with E-state index in [4.69, 9.17) is 9.47 Å². The number of nitrogens with zero attached hydrogens (tertiary/aromatic N) is 3. The zero-order valence-corrected chi connectivity index (χ0v) is 17.1. The Balaban J connectivity index is 1.88. The fraction of sp³-hybridized carbons (Fsp3) is 0.278. The highest BCUT2D eigenvalue weighted by atomic mass is 79.9. The molecule has 2 aliphatic rings. The number of carbonyl (C=O) groups excluding carboxylic acids is 2. The predicted octanol–water partition coefficient (Wildman–Crippen LogP) is 3.34. The standard InChI is InChI=1S/C18H15BrF2N4O4/c1-24-14-7(5-22-16-10(14)11(19)17(26)23-16)6-25(18(24)27)15-12(20)8(28-2)4-9(29-3)13(15)21/h4-5,11H,6H2,1-3H3,(H,22,23,26). The first-order valence-electron chi connectivity index (χ1n) is 8.42. The maximum absolute atomic E-state index is 14.9. The molecule has 0 radical (unpaired) electrons. The number of methoxy groups -OCH3 is 2. The number of fused-ring (bicyclic) bond motifs is 3. The monoisotopic (exact) mass is 468 g/mol. The minimum absolute atomic E-state index is 0.156. The summed E-state index contributed by atoms with van der Waals surface area (Å²) in [4.78, 5) is 30.8. The van der Waals surface area contributed by atoms with Gasteiger partial charge < -0.3 is 14.8 Å². The van der Waals surface area contributed by atoms with Gasteiger partial charge in [0.2, 0.25) is 5.91 Å². The molecular weight excluding hydrogens is 454 g/mol. The summed E-state index contributed by atoms with van der Waals surface area (Å²) in [5, 5.41) is 2.62. The number of amides is 3. The molecule has 29 heavy (non-hydrogen) atoms. The van der Waals surface area contributed by atoms with Gasteiger partial charge in [-0.25, -0.2) is 18.6 Å². The van der Waals surface area contributed by atoms with Crippen LogP contribution in [0.4, 0.5) is 30.8 Å². The first-order chi connectivity index (χ1) is 13.8. The minimum Gasteiger partial charge on any atom is -0.493 e. The van der Waals surface area contributed by atoms with Gasteiger partial charge in [0.05, 0.1) is 26.5 Å². The Morgan fingerprint density at radius 3 is 2.38 bits per heavy atom. The number of anilines is 3. The van der Waals surface area contributed by atoms with Crippen molar-refractivity contribution in [2.45, 2.75) is 11.4 Å². The molecule has 1 aromatic heterocycles. The van der Waals surface area contributed by atoms with E-state index < -0.39 is 28.2 Å². The van der Waals surface area contributed by atoms with E-state index in [2.05, 4.69) is 26.2 Å². The average molecular weight is 469 g/mol. The number of aromatic nitrogens is 1. The van der Waals surface area contributed by atoms with Gasteiger partial charge >= 0.3 is 6.03 Å². The van der Waals surface area contributed by atoms with E-state index in [1.165, 1.54) is 32.4 Å². The lowest BCUT2D eigenvalue weighted by Gasteiger charge is -2.36. The molecule has 1 atom stereocenters. The molecule has 1 unspecified atom stereocenters. The Morgan fingerprint density at radius 2 is 1.79 bits per heavy atom. The molecule has 8 nitrogen and oxygen atoms in total. The molecule has 0 saturated heterocycles. The summed E-state index contributed by atoms with van der Waals surface area (Å²) in [5.74, 6) is -2.55. The summed E-state index contributed by atoms with van der Waals surface area (Å²) in [6.07, 6.45) is 1.46. The van der Waals surface area contributed by atoms with Crippen LogP contribution >= 0.6 is 15.9 Å². The minimum atomic E-state index is -1.03. The molecule has 3 amide bonds. The van der Waals surface area contributed by atoms with Gasteiger partial charge in [-0.05, 0) is 0 Å². The highest BCUT2D eigenvalue weighted by molar-refractivity contribution is 9.09. The number of hydrogen-bond donors (Lipinski definition) is 1. The Kier molecular flexibility index (Phi) is 4.56. The lowest BCUT2D eigenvalue weighted by Crippen LogP contribution is -2.46. The van der Waals surface area contributed by atoms with Gasteiger partial charge in [0, 0.05) is 30.4 Å². The highest BCUT2D eigenvalue weighted by Gasteiger charge is 2.41. The molecule has 0 bridgehead atoms. The largest absolute Gasteiger partial charge is 0.493 e. The lowest BCUT2D eigenvalue weighted by molar-refractivity contribution is -0.115. The zero-order valence-electron chi connectivity index (χ0n) is 15.5. The number of nitrogens with one attached hydrogen (secondary N) is 1. The van der Waals surface area contributed by atoms with E-state index in [1.54, 1.807) is 0 Å². The molecule has 0 saturated carbocycles. The number of hydrogen-bond acceptors (Lipinski definition) is 5. The van der Waals surface area contributed by atoms with Crippen molar-refractivity contribution in [3.63, 3.8) is 0 Å². The number of ether oxygens (including phenoxy) is 2. The van der Waals surface area contributed by atoms with Crippen molar-refractivity contribution in [3.05, 3.63) is 35.0 Å². The Bertz CT molecular complexity index is 1040. The van der Waals surface area contributed by atoms with Gasteiger partial charge in [-0.1, -0.05) is 15.9 Å². The third kappa shape index (κ3) is 2.71. The highest BCUT2D eigenvalue weighted by Crippen LogP contribution is 2.47. The average Bonchev–Trinajstić information content (AvgIpc) is 2.99. The van der Waals surface area contributed by atoms with Gasteiger partial charge in [0.25, 0.3) is 0 Å². The smallest absolute Gasteiger partial charge is 0.329 e. The first kappa shape index (κ1) is 19.4. The van der Waals surface area contributed by atoms with Crippen LogP contribution in [0.25, 0.3) is 0 Å². The van der Waals surface area contributed by atoms with E-state index in [0.29, 0.717) is 22.6 Å². The second-order valence-electron chi connectivity index (χ2n) is 6.43. The van der Waals surface area contributed by atoms with Crippen LogP contribution in [0.15, 0.2) is 12.3 Å². The van der Waals surface area contributed by atoms with E-state index in [9.17, 15) is 18.4 Å². The van der Waals surface area contributed by atoms with Crippen LogP contribution in [0.1, 0.15) is 16.0 Å². The molecule has 152 valence electrons. The van der Waals surface area contributed by atoms with Crippen molar-refractivity contribution >= 4 is 45.1 Å². The second kappa shape index (κ2) is 6.83. The number of pyridine rings is 1. The summed E-state index contributed by atoms with van der Waals surface area (Å²) >= 11 is 3.29. The van der Waals surface area contributed by atoms with Gasteiger partial charge in [-0.3, -0.25) is 14.6 Å². The second-order valence-corrected chi connectivity index (χ2v) is 7.35. The maximum Gasteiger partial charge on any atom is 0.329 e. The summed E-state index contributed by atoms with van der Waals surface area (Å²) in [5.41, 5.74) is 0.903. The van der Waals surface area contributed by atoms with E-state index in [1.807, 2.05) is 0 Å². The molecule has 2 aromatic rings. The van der Waals surface area contributed by atoms with E-state index >= 15 is 0 Å². The normalized spacial score (nSPS) is 17.8. The van der Waals surface area contributed by atoms with Crippen molar-refractivity contribution in [1.29, 1.82) is 0 Å². The fourth-order valence-electron chi connectivity index (χ4n) is 3.52. The van der Waals surface area contributed by atoms with Gasteiger partial charge in [-0.15, -0.1) is 0 Å². The molecular formula is C18H15BrF2N4O4. The SMILES string of the molecule is COc1cc(OC)c(F)c(N2Cc3cnc4c(c3N(C)C2=O)C(Br)C(=O)N4)c1F. The summed E-state index contributed by atoms with van der Waals surface area (Å²) < 4.78 is 39.8. The molecule has 4 rings (SSSR count). The van der Waals surface area contributed by atoms with Crippen molar-refractivity contribution in [2.75, 3.05) is 36.4 Å². The van der Waals surface area contributed by atoms with Crippen molar-refractivity contribution < 1.29 is 27.8 Å². The summed E-state index contributed by atoms with van der Waals surface area (Å²) in [6.45, 7) is -0.156. The Labute approximate surface area is 172 Å². The van der Waals surface area contributed by atoms with Crippen LogP contribution in [0.3, 0.4) is 0 Å². The third-order valence-corrected chi connectivity index (χ3v) is 5.76. The Morgan fingerprint density at radius 1 is 1.17 bits per heavy atom. The summed E-state index contributed by atoms with van der Waals surface area (Å²) in [6, 6.07) is 0.388. The van der Waals surface area contributed by atoms with Gasteiger partial charge in [0.1, 0.15) is 16.3 Å². The number of rotatable bonds is 3. The number of carbonyl (C=O) groups is 2. The van der Waals surface area contributed by atoms with Crippen molar-refractivity contribution in [1.82, 2.24) is 4.98 Å². The molecule has 11 heteroatoms. The van der Waals surface area contributed by atoms with E-state index in [-0.39, 0.29) is 24.0 Å². The van der Waals surface area contributed by atoms with Crippen LogP contribution in [0, 0.1) is 11.6 Å². The van der Waals surface area contributed by atoms with Crippen LogP contribution < -0.4 is 24.6 Å². The first-order valence-corrected chi connectivity index (χ1v) is 9.33. The number of urea groups is 1. The van der Waals surface area contributed by atoms with E-state index in [0.717, 1.165) is 11.0 Å². The molecule has 0 spiro atoms. The molecule has 1 N–H and O–H groups in total. The van der Waals surface area contributed by atoms with Crippen molar-refractivity contribution in [3.8, 4) is 11.5 Å². The van der Waals surface area contributed by atoms with Crippen LogP contribution in [0.5, 0.6) is 11.5 Å². The Hall–Kier alpha value is -2.95. The number of halogens is 3. The third-order valence-electron chi connectivity index (χ3n) is 4.89. The van der Waals surface area contributed by atoms with Gasteiger partial charge in [-0.2, -0.15) is 0 Å². The topological polar surface area (TPSA) is 84.0 Å². The number of alkyl halides is 1. The summed E-state index contributed by atoms with van der Waals surface area (Å²) in [7, 11) is 3.92. The van der Waals surface area contributed by atoms with Crippen LogP contribution in [-0.4, -0.2) is 38.2 Å². The maximum atomic E-state index is 14.9.